The molecule has 0 aliphatic carbocycles. The fourth-order valence-corrected chi connectivity index (χ4v) is 3.65. The van der Waals surface area contributed by atoms with Crippen LogP contribution in [0, 0.1) is 5.82 Å². The van der Waals surface area contributed by atoms with Crippen LogP contribution < -0.4 is 0 Å². The molecule has 0 atom stereocenters. The van der Waals surface area contributed by atoms with Gasteiger partial charge in [0.1, 0.15) is 10.7 Å². The molecule has 0 saturated carbocycles. The van der Waals surface area contributed by atoms with Crippen molar-refractivity contribution in [3.8, 4) is 0 Å². The molecule has 1 amide bonds. The van der Waals surface area contributed by atoms with Gasteiger partial charge in [0.25, 0.3) is 21.4 Å². The maximum Gasteiger partial charge on any atom is 0.262 e. The Bertz CT molecular complexity index is 639. The molecule has 1 aromatic rings. The lowest BCUT2D eigenvalue weighted by atomic mass is 10.2. The SMILES string of the molecule is CN(CC(F)F)C(=O)c1cc(F)cc(S(=O)(=O)Cl)c1Br. The van der Waals surface area contributed by atoms with Gasteiger partial charge < -0.3 is 4.90 Å². The molecule has 0 unspecified atom stereocenters. The highest BCUT2D eigenvalue weighted by Crippen LogP contribution is 2.30. The molecule has 0 heterocycles. The Balaban J connectivity index is 3.33. The van der Waals surface area contributed by atoms with E-state index in [1.165, 1.54) is 0 Å². The predicted molar refractivity (Wildman–Crippen MR) is 70.1 cm³/mol. The van der Waals surface area contributed by atoms with Gasteiger partial charge in [-0.15, -0.1) is 0 Å². The molecule has 0 aromatic heterocycles. The molecule has 112 valence electrons. The molecule has 0 N–H and O–H groups in total. The largest absolute Gasteiger partial charge is 0.336 e. The minimum absolute atomic E-state index is 0.278. The van der Waals surface area contributed by atoms with E-state index in [2.05, 4.69) is 15.9 Å². The molecule has 0 radical (unpaired) electrons. The van der Waals surface area contributed by atoms with Crippen molar-refractivity contribution in [3.63, 3.8) is 0 Å². The lowest BCUT2D eigenvalue weighted by Gasteiger charge is -2.18. The van der Waals surface area contributed by atoms with Crippen molar-refractivity contribution >= 4 is 41.6 Å². The molecule has 0 spiro atoms. The standard InChI is InChI=1S/C10H8BrClF3NO3S/c1-16(4-8(14)15)10(17)6-2-5(13)3-7(9(6)11)20(12,18)19/h2-3,8H,4H2,1H3. The molecule has 4 nitrogen and oxygen atoms in total. The van der Waals surface area contributed by atoms with Crippen LogP contribution in [0.4, 0.5) is 13.2 Å². The zero-order valence-electron chi connectivity index (χ0n) is 9.91. The van der Waals surface area contributed by atoms with E-state index < -0.39 is 44.2 Å². The predicted octanol–water partition coefficient (Wildman–Crippen LogP) is 2.85. The van der Waals surface area contributed by atoms with E-state index in [0.717, 1.165) is 13.1 Å². The van der Waals surface area contributed by atoms with Gasteiger partial charge in [0, 0.05) is 17.7 Å². The Hall–Kier alpha value is -0.800. The highest BCUT2D eigenvalue weighted by molar-refractivity contribution is 9.10. The van der Waals surface area contributed by atoms with Gasteiger partial charge in [-0.25, -0.2) is 21.6 Å². The van der Waals surface area contributed by atoms with E-state index in [9.17, 15) is 26.4 Å². The zero-order valence-corrected chi connectivity index (χ0v) is 13.1. The Morgan fingerprint density at radius 3 is 2.45 bits per heavy atom. The summed E-state index contributed by atoms with van der Waals surface area (Å²) in [5, 5.41) is 0. The maximum atomic E-state index is 13.4. The summed E-state index contributed by atoms with van der Waals surface area (Å²) in [6.45, 7) is -0.870. The number of hydrogen-bond acceptors (Lipinski definition) is 3. The van der Waals surface area contributed by atoms with Crippen molar-refractivity contribution < 1.29 is 26.4 Å². The fourth-order valence-electron chi connectivity index (χ4n) is 1.39. The average Bonchev–Trinajstić information content (AvgIpc) is 2.28. The summed E-state index contributed by atoms with van der Waals surface area (Å²) < 4.78 is 60.0. The lowest BCUT2D eigenvalue weighted by Crippen LogP contribution is -2.31. The van der Waals surface area contributed by atoms with E-state index >= 15 is 0 Å². The summed E-state index contributed by atoms with van der Waals surface area (Å²) in [5.41, 5.74) is -0.410. The number of halogens is 5. The van der Waals surface area contributed by atoms with Crippen LogP contribution in [0.5, 0.6) is 0 Å². The van der Waals surface area contributed by atoms with Crippen molar-refractivity contribution in [2.24, 2.45) is 0 Å². The second kappa shape index (κ2) is 6.31. The molecule has 1 aromatic carbocycles. The van der Waals surface area contributed by atoms with Gasteiger partial charge >= 0.3 is 0 Å². The zero-order chi connectivity index (χ0) is 15.7. The van der Waals surface area contributed by atoms with Crippen LogP contribution in [-0.4, -0.2) is 39.2 Å². The van der Waals surface area contributed by atoms with Crippen molar-refractivity contribution in [1.29, 1.82) is 0 Å². The van der Waals surface area contributed by atoms with Gasteiger partial charge in [-0.2, -0.15) is 0 Å². The van der Waals surface area contributed by atoms with Gasteiger partial charge in [-0.3, -0.25) is 4.79 Å². The van der Waals surface area contributed by atoms with Crippen LogP contribution in [0.1, 0.15) is 10.4 Å². The number of amides is 1. The molecule has 20 heavy (non-hydrogen) atoms. The minimum Gasteiger partial charge on any atom is -0.336 e. The van der Waals surface area contributed by atoms with Crippen LogP contribution in [0.15, 0.2) is 21.5 Å². The first-order chi connectivity index (χ1) is 9.04. The molecule has 0 bridgehead atoms. The first-order valence-corrected chi connectivity index (χ1v) is 8.11. The number of hydrogen-bond donors (Lipinski definition) is 0. The van der Waals surface area contributed by atoms with Crippen molar-refractivity contribution in [1.82, 2.24) is 4.90 Å². The van der Waals surface area contributed by atoms with Gasteiger partial charge in [0.15, 0.2) is 0 Å². The third-order valence-corrected chi connectivity index (χ3v) is 4.72. The average molecular weight is 395 g/mol. The van der Waals surface area contributed by atoms with Crippen molar-refractivity contribution in [2.75, 3.05) is 13.6 Å². The maximum absolute atomic E-state index is 13.4. The van der Waals surface area contributed by atoms with E-state index in [1.807, 2.05) is 0 Å². The molecule has 1 rings (SSSR count). The quantitative estimate of drug-likeness (QED) is 0.738. The molecular weight excluding hydrogens is 387 g/mol. The Labute approximate surface area is 126 Å². The van der Waals surface area contributed by atoms with Gasteiger partial charge in [-0.05, 0) is 28.1 Å². The number of nitrogens with zero attached hydrogens (tertiary/aromatic N) is 1. The van der Waals surface area contributed by atoms with Gasteiger partial charge in [0.2, 0.25) is 0 Å². The van der Waals surface area contributed by atoms with E-state index in [0.29, 0.717) is 11.0 Å². The monoisotopic (exact) mass is 393 g/mol. The van der Waals surface area contributed by atoms with Crippen molar-refractivity contribution in [2.45, 2.75) is 11.3 Å². The minimum atomic E-state index is -4.29. The summed E-state index contributed by atoms with van der Waals surface area (Å²) in [6, 6.07) is 1.36. The van der Waals surface area contributed by atoms with E-state index in [-0.39, 0.29) is 4.47 Å². The molecule has 10 heteroatoms. The summed E-state index contributed by atoms with van der Waals surface area (Å²) in [6.07, 6.45) is -2.77. The highest BCUT2D eigenvalue weighted by Gasteiger charge is 2.25. The second-order valence-electron chi connectivity index (χ2n) is 3.78. The summed E-state index contributed by atoms with van der Waals surface area (Å²) in [5.74, 6) is -1.99. The molecule has 0 aliphatic heterocycles. The Kier molecular flexibility index (Phi) is 5.45. The van der Waals surface area contributed by atoms with Crippen LogP contribution in [-0.2, 0) is 9.05 Å². The number of benzene rings is 1. The topological polar surface area (TPSA) is 54.5 Å². The van der Waals surface area contributed by atoms with Crippen LogP contribution >= 0.6 is 26.6 Å². The van der Waals surface area contributed by atoms with Crippen LogP contribution in [0.3, 0.4) is 0 Å². The second-order valence-corrected chi connectivity index (χ2v) is 7.11. The van der Waals surface area contributed by atoms with Gasteiger partial charge in [0.05, 0.1) is 16.6 Å². The third-order valence-electron chi connectivity index (χ3n) is 2.26. The molecular formula is C10H8BrClF3NO3S. The van der Waals surface area contributed by atoms with E-state index in [1.54, 1.807) is 0 Å². The summed E-state index contributed by atoms with van der Waals surface area (Å²) in [7, 11) is 1.90. The number of carbonyl (C=O) groups excluding carboxylic acids is 1. The number of rotatable bonds is 4. The smallest absolute Gasteiger partial charge is 0.262 e. The number of alkyl halides is 2. The summed E-state index contributed by atoms with van der Waals surface area (Å²) in [4.78, 5) is 11.9. The summed E-state index contributed by atoms with van der Waals surface area (Å²) >= 11 is 2.82. The third kappa shape index (κ3) is 4.10. The van der Waals surface area contributed by atoms with Crippen LogP contribution in [0.25, 0.3) is 0 Å². The Morgan fingerprint density at radius 1 is 1.45 bits per heavy atom. The first kappa shape index (κ1) is 17.3. The molecule has 0 aliphatic rings. The van der Waals surface area contributed by atoms with Gasteiger partial charge in [-0.1, -0.05) is 0 Å². The molecule has 0 fully saturated rings. The first-order valence-electron chi connectivity index (χ1n) is 5.01. The number of carbonyl (C=O) groups is 1. The normalized spacial score (nSPS) is 11.8. The van der Waals surface area contributed by atoms with Crippen molar-refractivity contribution in [3.05, 3.63) is 28.0 Å². The fraction of sp³-hybridized carbons (Fsp3) is 0.300. The van der Waals surface area contributed by atoms with Crippen LogP contribution in [0.2, 0.25) is 0 Å². The highest BCUT2D eigenvalue weighted by atomic mass is 79.9. The Morgan fingerprint density at radius 2 is 2.00 bits per heavy atom. The molecule has 0 saturated heterocycles. The lowest BCUT2D eigenvalue weighted by molar-refractivity contribution is 0.0619. The van der Waals surface area contributed by atoms with E-state index in [4.69, 9.17) is 10.7 Å².